The number of rotatable bonds is 9. The van der Waals surface area contributed by atoms with Crippen LogP contribution in [0.2, 0.25) is 0 Å². The van der Waals surface area contributed by atoms with E-state index in [1.54, 1.807) is 13.8 Å². The van der Waals surface area contributed by atoms with Crippen LogP contribution in [0, 0.1) is 0 Å². The maximum absolute atomic E-state index is 13.7. The quantitative estimate of drug-likeness (QED) is 0.480. The zero-order chi connectivity index (χ0) is 26.6. The van der Waals surface area contributed by atoms with Gasteiger partial charge in [-0.25, -0.2) is 0 Å². The van der Waals surface area contributed by atoms with Crippen molar-refractivity contribution in [2.24, 2.45) is 5.73 Å². The lowest BCUT2D eigenvalue weighted by Crippen LogP contribution is -2.57. The van der Waals surface area contributed by atoms with Crippen LogP contribution >= 0.6 is 0 Å². The molecule has 2 aromatic carbocycles. The topological polar surface area (TPSA) is 113 Å². The molecule has 0 bridgehead atoms. The summed E-state index contributed by atoms with van der Waals surface area (Å²) in [6.45, 7) is 4.46. The van der Waals surface area contributed by atoms with E-state index in [2.05, 4.69) is 29.6 Å². The van der Waals surface area contributed by atoms with Gasteiger partial charge in [0, 0.05) is 13.1 Å². The lowest BCUT2D eigenvalue weighted by molar-refractivity contribution is -0.139. The van der Waals surface area contributed by atoms with Crippen LogP contribution in [-0.2, 0) is 26.2 Å². The van der Waals surface area contributed by atoms with Crippen LogP contribution in [0.4, 0.5) is 0 Å². The molecule has 2 atom stereocenters. The molecule has 4 N–H and O–H groups in total. The van der Waals surface area contributed by atoms with Crippen LogP contribution in [0.25, 0.3) is 0 Å². The van der Waals surface area contributed by atoms with Crippen LogP contribution in [0.1, 0.15) is 75.0 Å². The van der Waals surface area contributed by atoms with Crippen molar-refractivity contribution >= 4 is 17.8 Å². The number of carbonyl (C=O) groups excluding carboxylic acids is 2. The predicted octanol–water partition coefficient (Wildman–Crippen LogP) is 3.75. The second-order valence-electron chi connectivity index (χ2n) is 11.3. The average Bonchev–Trinajstić information content (AvgIpc) is 3.15. The maximum atomic E-state index is 13.7. The van der Waals surface area contributed by atoms with E-state index in [0.29, 0.717) is 19.5 Å². The normalized spacial score (nSPS) is 19.3. The van der Waals surface area contributed by atoms with Crippen molar-refractivity contribution in [3.05, 3.63) is 71.3 Å². The van der Waals surface area contributed by atoms with E-state index in [4.69, 9.17) is 5.73 Å². The van der Waals surface area contributed by atoms with Crippen molar-refractivity contribution < 1.29 is 19.5 Å². The Morgan fingerprint density at radius 3 is 2.38 bits per heavy atom. The molecule has 1 fully saturated rings. The first-order valence-corrected chi connectivity index (χ1v) is 13.3. The summed E-state index contributed by atoms with van der Waals surface area (Å²) in [5, 5.41) is 12.4. The molecule has 2 unspecified atom stereocenters. The number of aliphatic carboxylic acids is 1. The Morgan fingerprint density at radius 2 is 1.73 bits per heavy atom. The smallest absolute Gasteiger partial charge is 0.303 e. The molecule has 37 heavy (non-hydrogen) atoms. The molecule has 2 aliphatic rings. The lowest BCUT2D eigenvalue weighted by Gasteiger charge is -2.41. The number of fused-ring (bicyclic) bond motifs is 2. The van der Waals surface area contributed by atoms with Crippen molar-refractivity contribution in [2.45, 2.75) is 81.7 Å². The Bertz CT molecular complexity index is 1120. The predicted molar refractivity (Wildman–Crippen MR) is 143 cm³/mol. The van der Waals surface area contributed by atoms with Gasteiger partial charge in [0.05, 0.1) is 12.0 Å². The first kappa shape index (κ1) is 26.9. The van der Waals surface area contributed by atoms with E-state index >= 15 is 0 Å². The summed E-state index contributed by atoms with van der Waals surface area (Å²) in [6, 6.07) is 17.7. The average molecular weight is 506 g/mol. The first-order valence-electron chi connectivity index (χ1n) is 13.3. The fourth-order valence-corrected chi connectivity index (χ4v) is 6.03. The number of hydrogen-bond donors (Lipinski definition) is 3. The van der Waals surface area contributed by atoms with Gasteiger partial charge in [0.1, 0.15) is 6.04 Å². The summed E-state index contributed by atoms with van der Waals surface area (Å²) in [6.07, 6.45) is 4.66. The number of aryl methyl sites for hydroxylation is 1. The number of nitrogens with zero attached hydrogens (tertiary/aromatic N) is 1. The maximum Gasteiger partial charge on any atom is 0.303 e. The van der Waals surface area contributed by atoms with Crippen molar-refractivity contribution in [1.29, 1.82) is 0 Å². The molecule has 7 nitrogen and oxygen atoms in total. The van der Waals surface area contributed by atoms with Crippen LogP contribution in [0.15, 0.2) is 54.6 Å². The van der Waals surface area contributed by atoms with Crippen LogP contribution in [0.3, 0.4) is 0 Å². The Kier molecular flexibility index (Phi) is 8.02. The highest BCUT2D eigenvalue weighted by Crippen LogP contribution is 2.52. The standard InChI is InChI=1S/C30H39N3O4/c1-29(2,31)28(37)32-25(14-8-11-21-9-4-3-5-10-21)27(36)33-17-15-30(16-18-33)20-22(19-26(34)35)23-12-6-7-13-24(23)30/h3-7,9-10,12-13,22,25H,8,11,14-20,31H2,1-2H3,(H,32,37)(H,34,35). The van der Waals surface area contributed by atoms with Crippen molar-refractivity contribution in [3.8, 4) is 0 Å². The van der Waals surface area contributed by atoms with Gasteiger partial charge in [-0.3, -0.25) is 14.4 Å². The molecule has 1 saturated heterocycles. The Labute approximate surface area is 219 Å². The summed E-state index contributed by atoms with van der Waals surface area (Å²) in [5.74, 6) is -1.16. The summed E-state index contributed by atoms with van der Waals surface area (Å²) < 4.78 is 0. The highest BCUT2D eigenvalue weighted by molar-refractivity contribution is 5.91. The minimum atomic E-state index is -1.07. The largest absolute Gasteiger partial charge is 0.481 e. The Hall–Kier alpha value is -3.19. The number of carboxylic acids is 1. The van der Waals surface area contributed by atoms with E-state index in [1.807, 2.05) is 35.2 Å². The van der Waals surface area contributed by atoms with E-state index in [0.717, 1.165) is 37.7 Å². The molecule has 0 aromatic heterocycles. The number of nitrogens with one attached hydrogen (secondary N) is 1. The molecule has 198 valence electrons. The van der Waals surface area contributed by atoms with Crippen LogP contribution in [-0.4, -0.2) is 52.5 Å². The van der Waals surface area contributed by atoms with E-state index < -0.39 is 17.6 Å². The van der Waals surface area contributed by atoms with Gasteiger partial charge in [-0.2, -0.15) is 0 Å². The first-order chi connectivity index (χ1) is 17.6. The Morgan fingerprint density at radius 1 is 1.08 bits per heavy atom. The molecule has 1 spiro atoms. The van der Waals surface area contributed by atoms with E-state index in [9.17, 15) is 19.5 Å². The number of piperidine rings is 1. The number of carbonyl (C=O) groups is 3. The SMILES string of the molecule is CC(C)(N)C(=O)NC(CCCc1ccccc1)C(=O)N1CCC2(CC1)CC(CC(=O)O)c1ccccc12. The highest BCUT2D eigenvalue weighted by atomic mass is 16.4. The molecule has 0 radical (unpaired) electrons. The van der Waals surface area contributed by atoms with E-state index in [1.165, 1.54) is 11.1 Å². The van der Waals surface area contributed by atoms with E-state index in [-0.39, 0.29) is 29.6 Å². The van der Waals surface area contributed by atoms with Gasteiger partial charge in [-0.05, 0) is 80.4 Å². The van der Waals surface area contributed by atoms with Gasteiger partial charge < -0.3 is 21.1 Å². The van der Waals surface area contributed by atoms with Crippen LogP contribution < -0.4 is 11.1 Å². The second kappa shape index (κ2) is 11.1. The second-order valence-corrected chi connectivity index (χ2v) is 11.3. The summed E-state index contributed by atoms with van der Waals surface area (Å²) in [7, 11) is 0. The monoisotopic (exact) mass is 505 g/mol. The molecule has 2 aromatic rings. The van der Waals surface area contributed by atoms with Gasteiger partial charge >= 0.3 is 5.97 Å². The molecule has 1 aliphatic heterocycles. The summed E-state index contributed by atoms with van der Waals surface area (Å²) in [5.41, 5.74) is 8.43. The molecule has 1 heterocycles. The molecule has 2 amide bonds. The molecule has 0 saturated carbocycles. The zero-order valence-corrected chi connectivity index (χ0v) is 21.9. The summed E-state index contributed by atoms with van der Waals surface area (Å²) in [4.78, 5) is 39.7. The highest BCUT2D eigenvalue weighted by Gasteiger charge is 2.46. The molecular formula is C30H39N3O4. The van der Waals surface area contributed by atoms with Crippen molar-refractivity contribution in [3.63, 3.8) is 0 Å². The van der Waals surface area contributed by atoms with Crippen LogP contribution in [0.5, 0.6) is 0 Å². The number of hydrogen-bond acceptors (Lipinski definition) is 4. The van der Waals surface area contributed by atoms with Gasteiger partial charge in [0.25, 0.3) is 0 Å². The third-order valence-electron chi connectivity index (χ3n) is 8.05. The fraction of sp³-hybridized carbons (Fsp3) is 0.500. The number of benzene rings is 2. The Balaban J connectivity index is 1.44. The third-order valence-corrected chi connectivity index (χ3v) is 8.05. The number of carboxylic acid groups (broad SMARTS) is 1. The molecule has 4 rings (SSSR count). The van der Waals surface area contributed by atoms with Crippen molar-refractivity contribution in [1.82, 2.24) is 10.2 Å². The van der Waals surface area contributed by atoms with Crippen molar-refractivity contribution in [2.75, 3.05) is 13.1 Å². The number of likely N-dealkylation sites (tertiary alicyclic amines) is 1. The minimum Gasteiger partial charge on any atom is -0.481 e. The molecule has 1 aliphatic carbocycles. The fourth-order valence-electron chi connectivity index (χ4n) is 6.03. The molecule has 7 heteroatoms. The summed E-state index contributed by atoms with van der Waals surface area (Å²) >= 11 is 0. The van der Waals surface area contributed by atoms with Gasteiger partial charge in [0.15, 0.2) is 0 Å². The zero-order valence-electron chi connectivity index (χ0n) is 21.9. The molecular weight excluding hydrogens is 466 g/mol. The number of nitrogens with two attached hydrogens (primary N) is 1. The third kappa shape index (κ3) is 6.21. The van der Waals surface area contributed by atoms with Gasteiger partial charge in [-0.15, -0.1) is 0 Å². The van der Waals surface area contributed by atoms with Gasteiger partial charge in [-0.1, -0.05) is 54.6 Å². The number of amides is 2. The minimum absolute atomic E-state index is 0.00719. The van der Waals surface area contributed by atoms with Gasteiger partial charge in [0.2, 0.25) is 11.8 Å². The lowest BCUT2D eigenvalue weighted by atomic mass is 9.73.